The molecule has 1 atom stereocenters. The minimum Gasteiger partial charge on any atom is -0.493 e. The Morgan fingerprint density at radius 2 is 1.86 bits per heavy atom. The summed E-state index contributed by atoms with van der Waals surface area (Å²) in [5.41, 5.74) is 1.91. The molecule has 0 spiro atoms. The van der Waals surface area contributed by atoms with E-state index in [4.69, 9.17) is 14.2 Å². The number of ether oxygens (including phenoxy) is 3. The van der Waals surface area contributed by atoms with Crippen molar-refractivity contribution in [2.45, 2.75) is 13.0 Å². The first-order valence-corrected chi connectivity index (χ1v) is 9.75. The summed E-state index contributed by atoms with van der Waals surface area (Å²) < 4.78 is 17.0. The molecule has 152 valence electrons. The summed E-state index contributed by atoms with van der Waals surface area (Å²) in [7, 11) is 3.02. The standard InChI is InChI=1S/C21H21BrN2O5/c1-4-29-20(25)16-17(12-8-6-5-7-9-12)23-21(26)24-18(16)14-10-13(22)11-15(27-2)19(14)28-3/h5-11,18H,4H2,1-3H3,(H2,23,24,26). The van der Waals surface area contributed by atoms with Crippen LogP contribution in [0, 0.1) is 0 Å². The molecule has 1 heterocycles. The zero-order chi connectivity index (χ0) is 21.0. The molecule has 0 fully saturated rings. The van der Waals surface area contributed by atoms with Gasteiger partial charge in [0.05, 0.1) is 38.1 Å². The van der Waals surface area contributed by atoms with Gasteiger partial charge in [-0.2, -0.15) is 0 Å². The number of rotatable bonds is 6. The number of nitrogens with one attached hydrogen (secondary N) is 2. The van der Waals surface area contributed by atoms with Crippen molar-refractivity contribution in [1.29, 1.82) is 0 Å². The Balaban J connectivity index is 2.28. The molecule has 8 heteroatoms. The first-order chi connectivity index (χ1) is 14.0. The predicted octanol–water partition coefficient (Wildman–Crippen LogP) is 3.79. The average Bonchev–Trinajstić information content (AvgIpc) is 2.73. The minimum atomic E-state index is -0.806. The molecule has 7 nitrogen and oxygen atoms in total. The van der Waals surface area contributed by atoms with Gasteiger partial charge in [0.25, 0.3) is 0 Å². The molecule has 29 heavy (non-hydrogen) atoms. The van der Waals surface area contributed by atoms with Crippen LogP contribution in [0.3, 0.4) is 0 Å². The second-order valence-corrected chi connectivity index (χ2v) is 7.05. The van der Waals surface area contributed by atoms with Crippen LogP contribution in [0.15, 0.2) is 52.5 Å². The van der Waals surface area contributed by atoms with Crippen molar-refractivity contribution in [3.05, 3.63) is 63.6 Å². The number of amides is 2. The van der Waals surface area contributed by atoms with E-state index >= 15 is 0 Å². The number of urea groups is 1. The molecule has 2 aromatic carbocycles. The third kappa shape index (κ3) is 4.22. The number of benzene rings is 2. The van der Waals surface area contributed by atoms with E-state index in [9.17, 15) is 9.59 Å². The van der Waals surface area contributed by atoms with Crippen LogP contribution in [-0.2, 0) is 9.53 Å². The maximum atomic E-state index is 13.0. The smallest absolute Gasteiger partial charge is 0.338 e. The van der Waals surface area contributed by atoms with Gasteiger partial charge >= 0.3 is 12.0 Å². The first-order valence-electron chi connectivity index (χ1n) is 8.95. The molecule has 1 unspecified atom stereocenters. The van der Waals surface area contributed by atoms with E-state index in [-0.39, 0.29) is 12.2 Å². The maximum absolute atomic E-state index is 13.0. The number of methoxy groups -OCH3 is 2. The Hall–Kier alpha value is -3.00. The molecule has 0 saturated heterocycles. The van der Waals surface area contributed by atoms with E-state index in [0.717, 1.165) is 0 Å². The fourth-order valence-electron chi connectivity index (χ4n) is 3.23. The summed E-state index contributed by atoms with van der Waals surface area (Å²) in [6.45, 7) is 1.93. The van der Waals surface area contributed by atoms with Gasteiger partial charge in [-0.15, -0.1) is 0 Å². The van der Waals surface area contributed by atoms with E-state index in [0.29, 0.717) is 32.8 Å². The van der Waals surface area contributed by atoms with Crippen LogP contribution in [0.4, 0.5) is 4.79 Å². The van der Waals surface area contributed by atoms with Crippen molar-refractivity contribution in [2.24, 2.45) is 0 Å². The Morgan fingerprint density at radius 3 is 2.48 bits per heavy atom. The fraction of sp³-hybridized carbons (Fsp3) is 0.238. The third-order valence-corrected chi connectivity index (χ3v) is 4.87. The van der Waals surface area contributed by atoms with Crippen molar-refractivity contribution >= 4 is 33.6 Å². The Kier molecular flexibility index (Phi) is 6.43. The first kappa shape index (κ1) is 20.7. The van der Waals surface area contributed by atoms with E-state index in [1.807, 2.05) is 30.3 Å². The lowest BCUT2D eigenvalue weighted by atomic mass is 9.92. The molecule has 0 aliphatic carbocycles. The second-order valence-electron chi connectivity index (χ2n) is 6.14. The van der Waals surface area contributed by atoms with Crippen LogP contribution in [0.2, 0.25) is 0 Å². The van der Waals surface area contributed by atoms with Crippen molar-refractivity contribution in [2.75, 3.05) is 20.8 Å². The van der Waals surface area contributed by atoms with Gasteiger partial charge in [0.1, 0.15) is 0 Å². The molecule has 2 amide bonds. The molecule has 0 radical (unpaired) electrons. The van der Waals surface area contributed by atoms with E-state index < -0.39 is 18.0 Å². The predicted molar refractivity (Wildman–Crippen MR) is 112 cm³/mol. The molecular formula is C21H21BrN2O5. The second kappa shape index (κ2) is 9.00. The number of hydrogen-bond acceptors (Lipinski definition) is 5. The SMILES string of the molecule is CCOC(=O)C1=C(c2ccccc2)NC(=O)NC1c1cc(Br)cc(OC)c1OC. The molecule has 2 aromatic rings. The van der Waals surface area contributed by atoms with Gasteiger partial charge in [-0.05, 0) is 24.6 Å². The number of esters is 1. The lowest BCUT2D eigenvalue weighted by molar-refractivity contribution is -0.138. The minimum absolute atomic E-state index is 0.198. The van der Waals surface area contributed by atoms with Crippen molar-refractivity contribution in [3.8, 4) is 11.5 Å². The number of halogens is 1. The number of hydrogen-bond donors (Lipinski definition) is 2. The van der Waals surface area contributed by atoms with Gasteiger partial charge in [0.15, 0.2) is 11.5 Å². The highest BCUT2D eigenvalue weighted by Crippen LogP contribution is 2.42. The van der Waals surface area contributed by atoms with Crippen LogP contribution in [0.5, 0.6) is 11.5 Å². The fourth-order valence-corrected chi connectivity index (χ4v) is 3.69. The summed E-state index contributed by atoms with van der Waals surface area (Å²) in [5, 5.41) is 5.56. The molecule has 1 aliphatic rings. The van der Waals surface area contributed by atoms with Crippen LogP contribution in [0.25, 0.3) is 5.70 Å². The molecule has 2 N–H and O–H groups in total. The van der Waals surface area contributed by atoms with Gasteiger partial charge < -0.3 is 24.8 Å². The Labute approximate surface area is 177 Å². The lowest BCUT2D eigenvalue weighted by Gasteiger charge is -2.30. The monoisotopic (exact) mass is 460 g/mol. The van der Waals surface area contributed by atoms with Gasteiger partial charge in [-0.3, -0.25) is 0 Å². The van der Waals surface area contributed by atoms with Crippen molar-refractivity contribution < 1.29 is 23.8 Å². The summed E-state index contributed by atoms with van der Waals surface area (Å²) >= 11 is 3.45. The summed E-state index contributed by atoms with van der Waals surface area (Å²) in [4.78, 5) is 25.5. The Bertz CT molecular complexity index is 959. The van der Waals surface area contributed by atoms with Crippen LogP contribution >= 0.6 is 15.9 Å². The molecule has 3 rings (SSSR count). The summed E-state index contributed by atoms with van der Waals surface area (Å²) in [6.07, 6.45) is 0. The molecule has 0 saturated carbocycles. The van der Waals surface area contributed by atoms with Crippen LogP contribution in [0.1, 0.15) is 24.1 Å². The highest BCUT2D eigenvalue weighted by atomic mass is 79.9. The van der Waals surface area contributed by atoms with Crippen LogP contribution in [-0.4, -0.2) is 32.8 Å². The van der Waals surface area contributed by atoms with E-state index in [1.165, 1.54) is 14.2 Å². The topological polar surface area (TPSA) is 85.9 Å². The third-order valence-electron chi connectivity index (χ3n) is 4.41. The molecular weight excluding hydrogens is 440 g/mol. The Morgan fingerprint density at radius 1 is 1.14 bits per heavy atom. The highest BCUT2D eigenvalue weighted by Gasteiger charge is 2.36. The zero-order valence-corrected chi connectivity index (χ0v) is 17.8. The summed E-state index contributed by atoms with van der Waals surface area (Å²) in [5.74, 6) is 0.344. The number of carbonyl (C=O) groups is 2. The average molecular weight is 461 g/mol. The van der Waals surface area contributed by atoms with E-state index in [2.05, 4.69) is 26.6 Å². The zero-order valence-electron chi connectivity index (χ0n) is 16.2. The van der Waals surface area contributed by atoms with Gasteiger partial charge in [0, 0.05) is 10.0 Å². The normalized spacial score (nSPS) is 16.0. The van der Waals surface area contributed by atoms with Crippen molar-refractivity contribution in [1.82, 2.24) is 10.6 Å². The highest BCUT2D eigenvalue weighted by molar-refractivity contribution is 9.10. The van der Waals surface area contributed by atoms with Gasteiger partial charge in [0.2, 0.25) is 0 Å². The van der Waals surface area contributed by atoms with E-state index in [1.54, 1.807) is 19.1 Å². The molecule has 1 aliphatic heterocycles. The molecule has 0 bridgehead atoms. The van der Waals surface area contributed by atoms with Crippen molar-refractivity contribution in [3.63, 3.8) is 0 Å². The quantitative estimate of drug-likeness (QED) is 0.640. The molecule has 0 aromatic heterocycles. The largest absolute Gasteiger partial charge is 0.493 e. The number of carbonyl (C=O) groups excluding carboxylic acids is 2. The van der Waals surface area contributed by atoms with Gasteiger partial charge in [-0.25, -0.2) is 9.59 Å². The van der Waals surface area contributed by atoms with Crippen LogP contribution < -0.4 is 20.1 Å². The lowest BCUT2D eigenvalue weighted by Crippen LogP contribution is -2.45. The summed E-state index contributed by atoms with van der Waals surface area (Å²) in [6, 6.07) is 11.4. The maximum Gasteiger partial charge on any atom is 0.338 e. The van der Waals surface area contributed by atoms with Gasteiger partial charge in [-0.1, -0.05) is 46.3 Å².